The van der Waals surface area contributed by atoms with Gasteiger partial charge in [-0.2, -0.15) is 0 Å². The molecule has 0 spiro atoms. The Labute approximate surface area is 122 Å². The fourth-order valence-corrected chi connectivity index (χ4v) is 4.20. The van der Waals surface area contributed by atoms with Gasteiger partial charge in [-0.05, 0) is 48.2 Å². The zero-order valence-electron chi connectivity index (χ0n) is 12.8. The first-order chi connectivity index (χ1) is 9.47. The summed E-state index contributed by atoms with van der Waals surface area (Å²) in [6.07, 6.45) is 6.49. The number of carbonyl (C=O) groups excluding carboxylic acids is 1. The van der Waals surface area contributed by atoms with Crippen LogP contribution in [0.3, 0.4) is 0 Å². The quantitative estimate of drug-likeness (QED) is 0.734. The number of benzene rings is 1. The average molecular weight is 268 g/mol. The molecule has 2 atom stereocenters. The van der Waals surface area contributed by atoms with E-state index in [0.717, 1.165) is 24.8 Å². The minimum absolute atomic E-state index is 0.115. The fourth-order valence-electron chi connectivity index (χ4n) is 4.20. The molecule has 3 rings (SSSR count). The minimum Gasteiger partial charge on any atom is -0.294 e. The van der Waals surface area contributed by atoms with Crippen molar-refractivity contribution < 1.29 is 4.79 Å². The van der Waals surface area contributed by atoms with Crippen molar-refractivity contribution in [1.29, 1.82) is 0 Å². The zero-order chi connectivity index (χ0) is 14.4. The van der Waals surface area contributed by atoms with Crippen LogP contribution in [-0.2, 0) is 11.2 Å². The molecule has 0 amide bonds. The third kappa shape index (κ3) is 1.79. The molecule has 1 nitrogen and oxygen atoms in total. The van der Waals surface area contributed by atoms with Crippen LogP contribution in [0.5, 0.6) is 0 Å². The maximum absolute atomic E-state index is 12.7. The lowest BCUT2D eigenvalue weighted by Crippen LogP contribution is -2.32. The van der Waals surface area contributed by atoms with Gasteiger partial charge >= 0.3 is 0 Å². The van der Waals surface area contributed by atoms with E-state index in [1.54, 1.807) is 0 Å². The summed E-state index contributed by atoms with van der Waals surface area (Å²) in [6.45, 7) is 6.73. The van der Waals surface area contributed by atoms with Crippen molar-refractivity contribution in [2.75, 3.05) is 0 Å². The van der Waals surface area contributed by atoms with E-state index in [4.69, 9.17) is 0 Å². The van der Waals surface area contributed by atoms with E-state index in [1.165, 1.54) is 12.0 Å². The molecule has 2 bridgehead atoms. The van der Waals surface area contributed by atoms with E-state index in [-0.39, 0.29) is 10.8 Å². The summed E-state index contributed by atoms with van der Waals surface area (Å²) in [5.74, 6) is 0.905. The van der Waals surface area contributed by atoms with Gasteiger partial charge in [0, 0.05) is 5.41 Å². The van der Waals surface area contributed by atoms with Crippen LogP contribution in [-0.4, -0.2) is 5.78 Å². The largest absolute Gasteiger partial charge is 0.294 e. The van der Waals surface area contributed by atoms with Gasteiger partial charge in [-0.25, -0.2) is 0 Å². The number of Topliss-reactive ketones (excluding diaryl/α,β-unsaturated/α-hetero) is 1. The average Bonchev–Trinajstić information content (AvgIpc) is 2.74. The Morgan fingerprint density at radius 2 is 1.90 bits per heavy atom. The monoisotopic (exact) mass is 268 g/mol. The van der Waals surface area contributed by atoms with Crippen molar-refractivity contribution in [3.05, 3.63) is 47.5 Å². The minimum atomic E-state index is -0.115. The summed E-state index contributed by atoms with van der Waals surface area (Å²) < 4.78 is 0. The van der Waals surface area contributed by atoms with E-state index in [2.05, 4.69) is 51.1 Å². The molecule has 0 N–H and O–H groups in total. The van der Waals surface area contributed by atoms with Gasteiger partial charge in [0.05, 0.1) is 0 Å². The van der Waals surface area contributed by atoms with Crippen LogP contribution in [0.1, 0.15) is 45.6 Å². The van der Waals surface area contributed by atoms with Gasteiger partial charge in [0.2, 0.25) is 0 Å². The molecule has 2 saturated carbocycles. The van der Waals surface area contributed by atoms with E-state index in [1.807, 2.05) is 6.07 Å². The van der Waals surface area contributed by atoms with Gasteiger partial charge < -0.3 is 0 Å². The van der Waals surface area contributed by atoms with Gasteiger partial charge in [-0.3, -0.25) is 4.79 Å². The third-order valence-corrected chi connectivity index (χ3v) is 6.01. The summed E-state index contributed by atoms with van der Waals surface area (Å²) in [5, 5.41) is 0. The van der Waals surface area contributed by atoms with E-state index < -0.39 is 0 Å². The summed E-state index contributed by atoms with van der Waals surface area (Å²) in [7, 11) is 0. The first kappa shape index (κ1) is 13.6. The molecule has 1 aromatic rings. The van der Waals surface area contributed by atoms with Crippen LogP contribution < -0.4 is 0 Å². The molecule has 0 radical (unpaired) electrons. The molecule has 2 aliphatic carbocycles. The Balaban J connectivity index is 1.76. The molecule has 0 aromatic heterocycles. The van der Waals surface area contributed by atoms with E-state index in [0.29, 0.717) is 11.7 Å². The Morgan fingerprint density at radius 3 is 2.50 bits per heavy atom. The number of fused-ring (bicyclic) bond motifs is 2. The topological polar surface area (TPSA) is 17.1 Å². The third-order valence-electron chi connectivity index (χ3n) is 6.01. The molecule has 1 heteroatoms. The second-order valence-corrected chi connectivity index (χ2v) is 7.16. The highest BCUT2D eigenvalue weighted by Crippen LogP contribution is 2.65. The number of ketones is 1. The van der Waals surface area contributed by atoms with Gasteiger partial charge in [-0.15, -0.1) is 0 Å². The lowest BCUT2D eigenvalue weighted by Gasteiger charge is -2.31. The van der Waals surface area contributed by atoms with Crippen LogP contribution in [0.4, 0.5) is 0 Å². The molecule has 1 aromatic carbocycles. The van der Waals surface area contributed by atoms with Crippen molar-refractivity contribution in [2.45, 2.75) is 46.5 Å². The molecular weight excluding hydrogens is 244 g/mol. The fraction of sp³-hybridized carbons (Fsp3) is 0.526. The maximum Gasteiger partial charge on any atom is 0.165 e. The summed E-state index contributed by atoms with van der Waals surface area (Å²) in [5.41, 5.74) is 2.50. The highest BCUT2D eigenvalue weighted by molar-refractivity contribution is 6.04. The normalized spacial score (nSPS) is 33.0. The predicted molar refractivity (Wildman–Crippen MR) is 82.5 cm³/mol. The second kappa shape index (κ2) is 4.58. The Kier molecular flexibility index (Phi) is 3.12. The first-order valence-electron chi connectivity index (χ1n) is 7.75. The van der Waals surface area contributed by atoms with Crippen LogP contribution in [0.25, 0.3) is 0 Å². The van der Waals surface area contributed by atoms with Gasteiger partial charge in [0.15, 0.2) is 5.78 Å². The maximum atomic E-state index is 12.7. The SMILES string of the molecule is CC12CCC(C(=CCCc3ccccc3)C1=O)C2(C)C. The number of rotatable bonds is 3. The van der Waals surface area contributed by atoms with Crippen molar-refractivity contribution in [2.24, 2.45) is 16.7 Å². The Morgan fingerprint density at radius 1 is 1.20 bits per heavy atom. The van der Waals surface area contributed by atoms with Crippen LogP contribution in [0, 0.1) is 16.7 Å². The number of hydrogen-bond acceptors (Lipinski definition) is 1. The standard InChI is InChI=1S/C19H24O/c1-18(2)16-12-13-19(18,3)17(20)15(16)11-7-10-14-8-5-4-6-9-14/h4-6,8-9,11,16H,7,10,12-13H2,1-3H3. The van der Waals surface area contributed by atoms with Crippen molar-refractivity contribution in [3.8, 4) is 0 Å². The molecule has 0 saturated heterocycles. The van der Waals surface area contributed by atoms with Crippen LogP contribution in [0.2, 0.25) is 0 Å². The molecule has 20 heavy (non-hydrogen) atoms. The van der Waals surface area contributed by atoms with E-state index >= 15 is 0 Å². The Bertz CT molecular complexity index is 552. The molecule has 2 unspecified atom stereocenters. The second-order valence-electron chi connectivity index (χ2n) is 7.16. The Hall–Kier alpha value is -1.37. The molecule has 2 aliphatic rings. The lowest BCUT2D eigenvalue weighted by molar-refractivity contribution is -0.125. The summed E-state index contributed by atoms with van der Waals surface area (Å²) >= 11 is 0. The molecule has 2 fully saturated rings. The number of allylic oxidation sites excluding steroid dienone is 2. The highest BCUT2D eigenvalue weighted by Gasteiger charge is 2.63. The highest BCUT2D eigenvalue weighted by atomic mass is 16.1. The van der Waals surface area contributed by atoms with Gasteiger partial charge in [-0.1, -0.05) is 57.2 Å². The molecule has 106 valence electrons. The molecule has 0 heterocycles. The summed E-state index contributed by atoms with van der Waals surface area (Å²) in [4.78, 5) is 12.7. The molecular formula is C19H24O. The predicted octanol–water partition coefficient (Wildman–Crippen LogP) is 4.57. The van der Waals surface area contributed by atoms with E-state index in [9.17, 15) is 4.79 Å². The van der Waals surface area contributed by atoms with Crippen LogP contribution in [0.15, 0.2) is 42.0 Å². The lowest BCUT2D eigenvalue weighted by atomic mass is 9.70. The van der Waals surface area contributed by atoms with Crippen molar-refractivity contribution in [3.63, 3.8) is 0 Å². The number of hydrogen-bond donors (Lipinski definition) is 0. The van der Waals surface area contributed by atoms with Crippen molar-refractivity contribution in [1.82, 2.24) is 0 Å². The molecule has 0 aliphatic heterocycles. The zero-order valence-corrected chi connectivity index (χ0v) is 12.8. The first-order valence-corrected chi connectivity index (χ1v) is 7.75. The van der Waals surface area contributed by atoms with Gasteiger partial charge in [0.1, 0.15) is 0 Å². The summed E-state index contributed by atoms with van der Waals surface area (Å²) in [6, 6.07) is 10.5. The van der Waals surface area contributed by atoms with Crippen LogP contribution >= 0.6 is 0 Å². The number of aryl methyl sites for hydroxylation is 1. The number of carbonyl (C=O) groups is 1. The van der Waals surface area contributed by atoms with Gasteiger partial charge in [0.25, 0.3) is 0 Å². The van der Waals surface area contributed by atoms with Crippen molar-refractivity contribution >= 4 is 5.78 Å². The smallest absolute Gasteiger partial charge is 0.165 e.